The van der Waals surface area contributed by atoms with Crippen LogP contribution in [0, 0.1) is 12.7 Å². The Balaban J connectivity index is 2.16. The number of aliphatic carboxylic acids is 1. The van der Waals surface area contributed by atoms with Gasteiger partial charge in [0, 0.05) is 23.5 Å². The Kier molecular flexibility index (Phi) is 6.62. The lowest BCUT2D eigenvalue weighted by Gasteiger charge is -2.36. The van der Waals surface area contributed by atoms with E-state index in [9.17, 15) is 28.9 Å². The lowest BCUT2D eigenvalue weighted by molar-refractivity contribution is -0.149. The summed E-state index contributed by atoms with van der Waals surface area (Å²) in [5.41, 5.74) is 1.69. The van der Waals surface area contributed by atoms with Crippen molar-refractivity contribution in [3.63, 3.8) is 0 Å². The number of aliphatic hydroxyl groups is 1. The molecule has 0 amide bonds. The summed E-state index contributed by atoms with van der Waals surface area (Å²) in [6.45, 7) is 4.57. The molecule has 1 aliphatic carbocycles. The second-order valence-electron chi connectivity index (χ2n) is 9.23. The maximum absolute atomic E-state index is 13.8. The first-order valence-electron chi connectivity index (χ1n) is 11.5. The summed E-state index contributed by atoms with van der Waals surface area (Å²) in [6, 6.07) is 15.2. The van der Waals surface area contributed by atoms with E-state index in [0.717, 1.165) is 18.4 Å². The zero-order valence-corrected chi connectivity index (χ0v) is 20.7. The van der Waals surface area contributed by atoms with Crippen LogP contribution < -0.4 is 0 Å². The third-order valence-corrected chi connectivity index (χ3v) is 8.69. The summed E-state index contributed by atoms with van der Waals surface area (Å²) in [5, 5.41) is 19.8. The first-order valence-corrected chi connectivity index (χ1v) is 12.8. The SMILES string of the molecule is CCC(C(=O)O)([P+](=O)O)C(C)(O)c1c(C2CC2)nc(-c2ccccc2)c(C)c1-c1ccc(F)cc1. The van der Waals surface area contributed by atoms with Crippen molar-refractivity contribution in [1.29, 1.82) is 0 Å². The van der Waals surface area contributed by atoms with Gasteiger partial charge >= 0.3 is 19.2 Å². The molecule has 0 bridgehead atoms. The standard InChI is InChI=1S/C27H27FNO5P/c1-4-27(25(30)31,35(33)34)26(3,32)22-21(17-12-14-20(28)15-13-17)16(2)23(18-8-6-5-7-9-18)29-24(22)19-10-11-19/h5-9,12-15,19,32H,4,10-11H2,1-3H3,(H-,30,31,33,34)/p+1. The molecule has 8 heteroatoms. The van der Waals surface area contributed by atoms with E-state index in [1.807, 2.05) is 37.3 Å². The van der Waals surface area contributed by atoms with Gasteiger partial charge in [0.05, 0.1) is 11.4 Å². The average Bonchev–Trinajstić information content (AvgIpc) is 3.65. The molecular weight excluding hydrogens is 468 g/mol. The van der Waals surface area contributed by atoms with Crippen molar-refractivity contribution in [3.8, 4) is 22.4 Å². The molecule has 0 aliphatic heterocycles. The topological polar surface area (TPSA) is 108 Å². The highest BCUT2D eigenvalue weighted by atomic mass is 31.1. The van der Waals surface area contributed by atoms with E-state index in [1.165, 1.54) is 26.0 Å². The normalized spacial score (nSPS) is 17.4. The molecule has 3 unspecified atom stereocenters. The second-order valence-corrected chi connectivity index (χ2v) is 10.5. The number of aromatic nitrogens is 1. The summed E-state index contributed by atoms with van der Waals surface area (Å²) in [6.07, 6.45) is 1.31. The van der Waals surface area contributed by atoms with Crippen LogP contribution in [0.4, 0.5) is 4.39 Å². The van der Waals surface area contributed by atoms with Crippen LogP contribution in [0.3, 0.4) is 0 Å². The summed E-state index contributed by atoms with van der Waals surface area (Å²) >= 11 is 0. The highest BCUT2D eigenvalue weighted by Crippen LogP contribution is 2.57. The van der Waals surface area contributed by atoms with E-state index in [1.54, 1.807) is 12.1 Å². The molecule has 182 valence electrons. The van der Waals surface area contributed by atoms with Crippen molar-refractivity contribution in [2.24, 2.45) is 0 Å². The van der Waals surface area contributed by atoms with E-state index in [2.05, 4.69) is 0 Å². The van der Waals surface area contributed by atoms with Crippen molar-refractivity contribution < 1.29 is 28.9 Å². The van der Waals surface area contributed by atoms with Gasteiger partial charge < -0.3 is 10.2 Å². The lowest BCUT2D eigenvalue weighted by Crippen LogP contribution is -2.53. The second kappa shape index (κ2) is 9.23. The monoisotopic (exact) mass is 496 g/mol. The number of carboxylic acids is 1. The molecule has 1 fully saturated rings. The Morgan fingerprint density at radius 1 is 1.11 bits per heavy atom. The van der Waals surface area contributed by atoms with E-state index >= 15 is 0 Å². The van der Waals surface area contributed by atoms with Crippen LogP contribution in [0.15, 0.2) is 54.6 Å². The summed E-state index contributed by atoms with van der Waals surface area (Å²) in [4.78, 5) is 27.7. The van der Waals surface area contributed by atoms with Gasteiger partial charge in [-0.3, -0.25) is 4.98 Å². The van der Waals surface area contributed by atoms with Crippen molar-refractivity contribution in [1.82, 2.24) is 4.98 Å². The number of rotatable bonds is 8. The van der Waals surface area contributed by atoms with Gasteiger partial charge in [0.1, 0.15) is 5.82 Å². The van der Waals surface area contributed by atoms with Gasteiger partial charge in [-0.05, 0) is 60.1 Å². The van der Waals surface area contributed by atoms with Crippen LogP contribution in [-0.4, -0.2) is 31.2 Å². The van der Waals surface area contributed by atoms with Gasteiger partial charge in [-0.2, -0.15) is 4.89 Å². The minimum Gasteiger partial charge on any atom is -0.477 e. The smallest absolute Gasteiger partial charge is 0.477 e. The fourth-order valence-electron chi connectivity index (χ4n) is 5.01. The zero-order valence-electron chi connectivity index (χ0n) is 19.8. The molecule has 3 aromatic rings. The number of pyridine rings is 1. The number of hydrogen-bond donors (Lipinski definition) is 3. The maximum atomic E-state index is 13.8. The Morgan fingerprint density at radius 3 is 2.20 bits per heavy atom. The largest absolute Gasteiger partial charge is 0.527 e. The Hall–Kier alpha value is -2.99. The molecule has 6 nitrogen and oxygen atoms in total. The molecule has 1 aliphatic rings. The minimum absolute atomic E-state index is 0.0290. The van der Waals surface area contributed by atoms with Crippen molar-refractivity contribution in [2.75, 3.05) is 0 Å². The molecule has 2 aromatic carbocycles. The van der Waals surface area contributed by atoms with Gasteiger partial charge in [0.15, 0.2) is 5.60 Å². The number of nitrogens with zero attached hydrogens (tertiary/aromatic N) is 1. The molecule has 0 saturated heterocycles. The Labute approximate surface area is 204 Å². The van der Waals surface area contributed by atoms with E-state index in [0.29, 0.717) is 28.1 Å². The number of hydrogen-bond acceptors (Lipinski definition) is 4. The number of benzene rings is 2. The summed E-state index contributed by atoms with van der Waals surface area (Å²) in [5.74, 6) is -2.03. The van der Waals surface area contributed by atoms with Crippen LogP contribution >= 0.6 is 8.03 Å². The Bertz CT molecular complexity index is 1270. The molecule has 1 heterocycles. The molecule has 0 spiro atoms. The van der Waals surface area contributed by atoms with Gasteiger partial charge in [0.25, 0.3) is 0 Å². The van der Waals surface area contributed by atoms with Crippen molar-refractivity contribution >= 4 is 14.0 Å². The number of halogens is 1. The van der Waals surface area contributed by atoms with Gasteiger partial charge in [-0.25, -0.2) is 9.18 Å². The summed E-state index contributed by atoms with van der Waals surface area (Å²) < 4.78 is 26.5. The van der Waals surface area contributed by atoms with Crippen LogP contribution in [-0.2, 0) is 15.0 Å². The highest BCUT2D eigenvalue weighted by molar-refractivity contribution is 7.41. The molecule has 1 saturated carbocycles. The first-order chi connectivity index (χ1) is 16.6. The molecule has 35 heavy (non-hydrogen) atoms. The third kappa shape index (κ3) is 4.08. The van der Waals surface area contributed by atoms with E-state index in [4.69, 9.17) is 4.98 Å². The lowest BCUT2D eigenvalue weighted by atomic mass is 9.74. The van der Waals surface area contributed by atoms with Crippen LogP contribution in [0.1, 0.15) is 55.8 Å². The fraction of sp³-hybridized carbons (Fsp3) is 0.333. The average molecular weight is 496 g/mol. The number of carboxylic acid groups (broad SMARTS) is 1. The number of carbonyl (C=O) groups is 1. The fourth-order valence-corrected chi connectivity index (χ4v) is 5.93. The van der Waals surface area contributed by atoms with Crippen molar-refractivity contribution in [2.45, 2.75) is 56.7 Å². The van der Waals surface area contributed by atoms with Crippen molar-refractivity contribution in [3.05, 3.63) is 77.2 Å². The molecular formula is C27H28FNO5P+. The predicted molar refractivity (Wildman–Crippen MR) is 132 cm³/mol. The minimum atomic E-state index is -3.35. The van der Waals surface area contributed by atoms with Crippen LogP contribution in [0.2, 0.25) is 0 Å². The predicted octanol–water partition coefficient (Wildman–Crippen LogP) is 5.92. The third-order valence-electron chi connectivity index (χ3n) is 7.10. The summed E-state index contributed by atoms with van der Waals surface area (Å²) in [7, 11) is -3.35. The quantitative estimate of drug-likeness (QED) is 0.334. The first kappa shape index (κ1) is 25.1. The maximum Gasteiger partial charge on any atom is 0.527 e. The van der Waals surface area contributed by atoms with Gasteiger partial charge in [-0.1, -0.05) is 49.4 Å². The van der Waals surface area contributed by atoms with Crippen LogP contribution in [0.5, 0.6) is 0 Å². The zero-order chi connectivity index (χ0) is 25.5. The molecule has 4 rings (SSSR count). The van der Waals surface area contributed by atoms with Gasteiger partial charge in [0.2, 0.25) is 0 Å². The Morgan fingerprint density at radius 2 is 1.71 bits per heavy atom. The van der Waals surface area contributed by atoms with Gasteiger partial charge in [-0.15, -0.1) is 0 Å². The van der Waals surface area contributed by atoms with Crippen LogP contribution in [0.25, 0.3) is 22.4 Å². The van der Waals surface area contributed by atoms with E-state index < -0.39 is 30.6 Å². The molecule has 3 atom stereocenters. The molecule has 0 radical (unpaired) electrons. The molecule has 3 N–H and O–H groups in total. The molecule has 1 aromatic heterocycles. The van der Waals surface area contributed by atoms with E-state index in [-0.39, 0.29) is 17.9 Å². The highest BCUT2D eigenvalue weighted by Gasteiger charge is 2.69.